The molecule has 0 spiro atoms. The van der Waals surface area contributed by atoms with Gasteiger partial charge in [0.25, 0.3) is 0 Å². The van der Waals surface area contributed by atoms with Crippen LogP contribution in [-0.2, 0) is 6.61 Å². The van der Waals surface area contributed by atoms with Crippen molar-refractivity contribution in [1.29, 1.82) is 0 Å². The lowest BCUT2D eigenvalue weighted by molar-refractivity contribution is 0.233. The molecule has 3 aromatic rings. The molecule has 0 aliphatic carbocycles. The van der Waals surface area contributed by atoms with Gasteiger partial charge < -0.3 is 9.47 Å². The smallest absolute Gasteiger partial charge is 0.182 e. The highest BCUT2D eigenvalue weighted by atomic mass is 35.5. The summed E-state index contributed by atoms with van der Waals surface area (Å²) in [6, 6.07) is 10.8. The molecule has 0 unspecified atom stereocenters. The van der Waals surface area contributed by atoms with E-state index in [0.717, 1.165) is 6.07 Å². The van der Waals surface area contributed by atoms with Crippen molar-refractivity contribution >= 4 is 23.1 Å². The predicted octanol–water partition coefficient (Wildman–Crippen LogP) is 3.51. The Labute approximate surface area is 158 Å². The standard InChI is InChI=1S/C17H14ClFN4O4/c1-25-11-3-2-4-12(8-11)26-9-15-16(23-27-22-15)17(21-24)20-10-5-6-14(19)13(18)7-10/h2-8,24H,9H2,1H3,(H,20,21). The van der Waals surface area contributed by atoms with Crippen LogP contribution >= 0.6 is 11.6 Å². The van der Waals surface area contributed by atoms with E-state index in [0.29, 0.717) is 17.2 Å². The Morgan fingerprint density at radius 1 is 1.26 bits per heavy atom. The molecule has 0 aliphatic rings. The average molecular weight is 393 g/mol. The summed E-state index contributed by atoms with van der Waals surface area (Å²) >= 11 is 5.74. The molecule has 0 atom stereocenters. The number of nitrogens with one attached hydrogen (secondary N) is 1. The number of ether oxygens (including phenoxy) is 2. The molecule has 0 aliphatic heterocycles. The molecular formula is C17H14ClFN4O4. The first-order valence-electron chi connectivity index (χ1n) is 7.63. The van der Waals surface area contributed by atoms with Gasteiger partial charge in [0.15, 0.2) is 17.2 Å². The third-order valence-electron chi connectivity index (χ3n) is 3.45. The monoisotopic (exact) mass is 392 g/mol. The van der Waals surface area contributed by atoms with E-state index in [2.05, 4.69) is 15.3 Å². The molecule has 1 heterocycles. The molecule has 8 nitrogen and oxygen atoms in total. The summed E-state index contributed by atoms with van der Waals surface area (Å²) in [4.78, 5) is 4.13. The van der Waals surface area contributed by atoms with Crippen LogP contribution in [0.1, 0.15) is 11.4 Å². The molecule has 0 amide bonds. The second-order valence-electron chi connectivity index (χ2n) is 5.20. The Hall–Kier alpha value is -3.17. The van der Waals surface area contributed by atoms with Gasteiger partial charge in [0.1, 0.15) is 23.9 Å². The zero-order valence-corrected chi connectivity index (χ0v) is 14.8. The van der Waals surface area contributed by atoms with Gasteiger partial charge in [0.05, 0.1) is 17.8 Å². The second-order valence-corrected chi connectivity index (χ2v) is 5.61. The third kappa shape index (κ3) is 4.52. The number of aromatic nitrogens is 2. The number of halogens is 2. The molecule has 140 valence electrons. The SMILES string of the molecule is COc1cccc(OCc2nonc2C(=Nc2ccc(F)c(Cl)c2)NO)c1. The first kappa shape index (κ1) is 18.6. The zero-order valence-electron chi connectivity index (χ0n) is 14.0. The molecule has 3 rings (SSSR count). The van der Waals surface area contributed by atoms with Gasteiger partial charge in [0, 0.05) is 6.07 Å². The molecule has 0 saturated heterocycles. The Bertz CT molecular complexity index is 964. The zero-order chi connectivity index (χ0) is 19.2. The number of hydrogen-bond acceptors (Lipinski definition) is 7. The molecule has 27 heavy (non-hydrogen) atoms. The van der Waals surface area contributed by atoms with Crippen LogP contribution in [0.25, 0.3) is 0 Å². The molecule has 0 saturated carbocycles. The van der Waals surface area contributed by atoms with Crippen molar-refractivity contribution in [3.05, 3.63) is 64.7 Å². The number of amidine groups is 1. The summed E-state index contributed by atoms with van der Waals surface area (Å²) in [5, 5.41) is 16.8. The molecule has 0 bridgehead atoms. The van der Waals surface area contributed by atoms with Gasteiger partial charge in [-0.1, -0.05) is 22.8 Å². The van der Waals surface area contributed by atoms with Crippen LogP contribution in [0.15, 0.2) is 52.1 Å². The largest absolute Gasteiger partial charge is 0.497 e. The number of nitrogens with zero attached hydrogens (tertiary/aromatic N) is 3. The number of aliphatic imine (C=N–C) groups is 1. The van der Waals surface area contributed by atoms with Gasteiger partial charge in [-0.3, -0.25) is 10.7 Å². The highest BCUT2D eigenvalue weighted by Crippen LogP contribution is 2.23. The van der Waals surface area contributed by atoms with Gasteiger partial charge in [-0.2, -0.15) is 0 Å². The fourth-order valence-corrected chi connectivity index (χ4v) is 2.31. The molecule has 1 aromatic heterocycles. The highest BCUT2D eigenvalue weighted by molar-refractivity contribution is 6.31. The number of hydrogen-bond donors (Lipinski definition) is 2. The lowest BCUT2D eigenvalue weighted by Gasteiger charge is -2.07. The summed E-state index contributed by atoms with van der Waals surface area (Å²) in [6.45, 7) is -0.00310. The van der Waals surface area contributed by atoms with E-state index < -0.39 is 5.82 Å². The van der Waals surface area contributed by atoms with Crippen LogP contribution in [0.3, 0.4) is 0 Å². The maximum atomic E-state index is 13.3. The van der Waals surface area contributed by atoms with E-state index in [1.54, 1.807) is 31.4 Å². The van der Waals surface area contributed by atoms with Gasteiger partial charge in [-0.25, -0.2) is 14.0 Å². The first-order chi connectivity index (χ1) is 13.1. The summed E-state index contributed by atoms with van der Waals surface area (Å²) in [5.41, 5.74) is 2.62. The van der Waals surface area contributed by atoms with Crippen molar-refractivity contribution in [1.82, 2.24) is 15.8 Å². The number of methoxy groups -OCH3 is 1. The Morgan fingerprint density at radius 2 is 2.07 bits per heavy atom. The van der Waals surface area contributed by atoms with Crippen LogP contribution in [0.4, 0.5) is 10.1 Å². The van der Waals surface area contributed by atoms with Crippen molar-refractivity contribution < 1.29 is 23.7 Å². The maximum absolute atomic E-state index is 13.3. The van der Waals surface area contributed by atoms with E-state index in [4.69, 9.17) is 25.7 Å². The van der Waals surface area contributed by atoms with Crippen LogP contribution in [0.5, 0.6) is 11.5 Å². The number of hydroxylamine groups is 1. The lowest BCUT2D eigenvalue weighted by Crippen LogP contribution is -2.22. The van der Waals surface area contributed by atoms with Crippen molar-refractivity contribution in [3.8, 4) is 11.5 Å². The van der Waals surface area contributed by atoms with Crippen molar-refractivity contribution in [2.75, 3.05) is 7.11 Å². The van der Waals surface area contributed by atoms with E-state index in [1.807, 2.05) is 5.48 Å². The van der Waals surface area contributed by atoms with E-state index >= 15 is 0 Å². The maximum Gasteiger partial charge on any atom is 0.182 e. The molecule has 0 fully saturated rings. The Kier molecular flexibility index (Phi) is 5.84. The van der Waals surface area contributed by atoms with Crippen LogP contribution in [-0.4, -0.2) is 28.5 Å². The Balaban J connectivity index is 1.81. The van der Waals surface area contributed by atoms with Gasteiger partial charge >= 0.3 is 0 Å². The van der Waals surface area contributed by atoms with E-state index in [1.165, 1.54) is 12.1 Å². The van der Waals surface area contributed by atoms with Gasteiger partial charge in [0.2, 0.25) is 0 Å². The molecular weight excluding hydrogens is 379 g/mol. The quantitative estimate of drug-likeness (QED) is 0.376. The van der Waals surface area contributed by atoms with Crippen molar-refractivity contribution in [2.24, 2.45) is 4.99 Å². The molecule has 2 aromatic carbocycles. The second kappa shape index (κ2) is 8.47. The van der Waals surface area contributed by atoms with Crippen LogP contribution in [0.2, 0.25) is 5.02 Å². The van der Waals surface area contributed by atoms with Crippen LogP contribution in [0, 0.1) is 5.82 Å². The molecule has 10 heteroatoms. The average Bonchev–Trinajstić information content (AvgIpc) is 3.15. The van der Waals surface area contributed by atoms with Gasteiger partial charge in [-0.05, 0) is 35.5 Å². The molecule has 0 radical (unpaired) electrons. The summed E-state index contributed by atoms with van der Waals surface area (Å²) in [5.74, 6) is 0.537. The van der Waals surface area contributed by atoms with Crippen molar-refractivity contribution in [2.45, 2.75) is 6.61 Å². The minimum Gasteiger partial charge on any atom is -0.497 e. The lowest BCUT2D eigenvalue weighted by atomic mass is 10.3. The molecule has 2 N–H and O–H groups in total. The fraction of sp³-hybridized carbons (Fsp3) is 0.118. The highest BCUT2D eigenvalue weighted by Gasteiger charge is 2.17. The predicted molar refractivity (Wildman–Crippen MR) is 94.2 cm³/mol. The minimum atomic E-state index is -0.579. The number of rotatable bonds is 6. The van der Waals surface area contributed by atoms with Gasteiger partial charge in [-0.15, -0.1) is 0 Å². The first-order valence-corrected chi connectivity index (χ1v) is 8.01. The fourth-order valence-electron chi connectivity index (χ4n) is 2.14. The third-order valence-corrected chi connectivity index (χ3v) is 3.74. The summed E-state index contributed by atoms with van der Waals surface area (Å²) in [6.07, 6.45) is 0. The summed E-state index contributed by atoms with van der Waals surface area (Å²) in [7, 11) is 1.55. The Morgan fingerprint density at radius 3 is 2.81 bits per heavy atom. The van der Waals surface area contributed by atoms with Crippen molar-refractivity contribution in [3.63, 3.8) is 0 Å². The number of benzene rings is 2. The van der Waals surface area contributed by atoms with E-state index in [9.17, 15) is 9.60 Å². The summed E-state index contributed by atoms with van der Waals surface area (Å²) < 4.78 is 28.7. The minimum absolute atomic E-state index is 0.00310. The normalized spacial score (nSPS) is 11.3. The van der Waals surface area contributed by atoms with E-state index in [-0.39, 0.29) is 28.9 Å². The topological polar surface area (TPSA) is 102 Å². The van der Waals surface area contributed by atoms with Crippen LogP contribution < -0.4 is 15.0 Å².